The van der Waals surface area contributed by atoms with Crippen LogP contribution < -0.4 is 4.90 Å². The summed E-state index contributed by atoms with van der Waals surface area (Å²) >= 11 is 0. The standard InChI is InChI=1S/C13H18N4O3S/c1-2-3-4-9-17(13(18)16-21(19)20)12-14-8-7-11(15-12)10-5-6-10/h7-8,10H,2-6,9H2,1H3. The lowest BCUT2D eigenvalue weighted by Gasteiger charge is -2.17. The normalized spacial score (nSPS) is 13.8. The van der Waals surface area contributed by atoms with E-state index >= 15 is 0 Å². The maximum atomic E-state index is 11.9. The summed E-state index contributed by atoms with van der Waals surface area (Å²) in [6.45, 7) is 2.41. The minimum absolute atomic E-state index is 0.231. The second-order valence-electron chi connectivity index (χ2n) is 5.01. The molecule has 1 aliphatic carbocycles. The molecule has 0 N–H and O–H groups in total. The number of aromatic nitrogens is 2. The molecule has 0 saturated heterocycles. The molecule has 0 bridgehead atoms. The lowest BCUT2D eigenvalue weighted by Crippen LogP contribution is -2.31. The molecular formula is C13H18N4O3S. The molecule has 1 saturated carbocycles. The van der Waals surface area contributed by atoms with Gasteiger partial charge in [0.25, 0.3) is 0 Å². The minimum Gasteiger partial charge on any atom is -0.260 e. The average molecular weight is 310 g/mol. The van der Waals surface area contributed by atoms with Crippen molar-refractivity contribution in [3.8, 4) is 0 Å². The second kappa shape index (κ2) is 7.26. The number of anilines is 1. The van der Waals surface area contributed by atoms with Gasteiger partial charge >= 0.3 is 16.5 Å². The first kappa shape index (κ1) is 15.6. The van der Waals surface area contributed by atoms with Crippen LogP contribution in [0.5, 0.6) is 0 Å². The lowest BCUT2D eigenvalue weighted by molar-refractivity contribution is 0.254. The Kier molecular flexibility index (Phi) is 5.38. The predicted octanol–water partition coefficient (Wildman–Crippen LogP) is 2.53. The third-order valence-corrected chi connectivity index (χ3v) is 3.58. The van der Waals surface area contributed by atoms with Crippen LogP contribution in [0, 0.1) is 0 Å². The van der Waals surface area contributed by atoms with E-state index in [4.69, 9.17) is 0 Å². The minimum atomic E-state index is -2.77. The fraction of sp³-hybridized carbons (Fsp3) is 0.615. The van der Waals surface area contributed by atoms with Gasteiger partial charge in [-0.1, -0.05) is 24.1 Å². The highest BCUT2D eigenvalue weighted by Gasteiger charge is 2.26. The second-order valence-corrected chi connectivity index (χ2v) is 5.62. The molecule has 1 aromatic heterocycles. The highest BCUT2D eigenvalue weighted by molar-refractivity contribution is 7.62. The maximum Gasteiger partial charge on any atom is 0.365 e. The average Bonchev–Trinajstić information content (AvgIpc) is 3.27. The topological polar surface area (TPSA) is 92.6 Å². The number of rotatable bonds is 6. The highest BCUT2D eigenvalue weighted by Crippen LogP contribution is 2.39. The van der Waals surface area contributed by atoms with E-state index in [9.17, 15) is 13.2 Å². The van der Waals surface area contributed by atoms with Gasteiger partial charge < -0.3 is 0 Å². The first-order chi connectivity index (χ1) is 10.1. The monoisotopic (exact) mass is 310 g/mol. The Hall–Kier alpha value is -1.83. The summed E-state index contributed by atoms with van der Waals surface area (Å²) in [5.41, 5.74) is 0.900. The van der Waals surface area contributed by atoms with Crippen LogP contribution >= 0.6 is 0 Å². The van der Waals surface area contributed by atoms with Crippen molar-refractivity contribution in [2.75, 3.05) is 11.4 Å². The molecule has 7 nitrogen and oxygen atoms in total. The number of carbonyl (C=O) groups is 1. The van der Waals surface area contributed by atoms with Crippen molar-refractivity contribution in [3.05, 3.63) is 18.0 Å². The molecule has 0 radical (unpaired) electrons. The molecule has 1 fully saturated rings. The van der Waals surface area contributed by atoms with Crippen molar-refractivity contribution >= 4 is 22.5 Å². The molecule has 0 aliphatic heterocycles. The zero-order valence-electron chi connectivity index (χ0n) is 11.9. The molecule has 8 heteroatoms. The predicted molar refractivity (Wildman–Crippen MR) is 77.6 cm³/mol. The van der Waals surface area contributed by atoms with E-state index in [0.717, 1.165) is 37.8 Å². The fourth-order valence-corrected chi connectivity index (χ4v) is 2.24. The molecule has 2 amide bonds. The largest absolute Gasteiger partial charge is 0.365 e. The summed E-state index contributed by atoms with van der Waals surface area (Å²) in [5, 5.41) is 0. The van der Waals surface area contributed by atoms with Gasteiger partial charge in [-0.15, -0.1) is 0 Å². The van der Waals surface area contributed by atoms with Crippen molar-refractivity contribution < 1.29 is 13.2 Å². The van der Waals surface area contributed by atoms with Gasteiger partial charge in [0.05, 0.1) is 0 Å². The van der Waals surface area contributed by atoms with Crippen LogP contribution in [0.25, 0.3) is 0 Å². The van der Waals surface area contributed by atoms with E-state index in [1.807, 2.05) is 13.0 Å². The van der Waals surface area contributed by atoms with E-state index in [1.165, 1.54) is 4.90 Å². The summed E-state index contributed by atoms with van der Waals surface area (Å²) in [6.07, 6.45) is 6.47. The van der Waals surface area contributed by atoms with Gasteiger partial charge in [-0.2, -0.15) is 8.42 Å². The molecular weight excluding hydrogens is 292 g/mol. The zero-order chi connectivity index (χ0) is 15.2. The molecule has 1 aromatic rings. The van der Waals surface area contributed by atoms with Crippen LogP contribution in [0.15, 0.2) is 16.6 Å². The van der Waals surface area contributed by atoms with Gasteiger partial charge in [-0.3, -0.25) is 4.90 Å². The van der Waals surface area contributed by atoms with Crippen LogP contribution in [0.1, 0.15) is 50.6 Å². The molecule has 114 valence electrons. The van der Waals surface area contributed by atoms with Gasteiger partial charge in [-0.25, -0.2) is 14.8 Å². The van der Waals surface area contributed by atoms with Crippen molar-refractivity contribution in [2.45, 2.75) is 44.9 Å². The molecule has 1 heterocycles. The van der Waals surface area contributed by atoms with Crippen LogP contribution in [0.4, 0.5) is 10.7 Å². The summed E-state index contributed by atoms with van der Waals surface area (Å²) in [6, 6.07) is 0.992. The number of hydrogen-bond donors (Lipinski definition) is 0. The highest BCUT2D eigenvalue weighted by atomic mass is 32.2. The number of nitrogens with zero attached hydrogens (tertiary/aromatic N) is 4. The molecule has 0 aromatic carbocycles. The third-order valence-electron chi connectivity index (χ3n) is 3.27. The number of unbranched alkanes of at least 4 members (excludes halogenated alkanes) is 2. The summed E-state index contributed by atoms with van der Waals surface area (Å²) in [5.74, 6) is 0.666. The summed E-state index contributed by atoms with van der Waals surface area (Å²) in [4.78, 5) is 21.6. The Morgan fingerprint density at radius 2 is 2.19 bits per heavy atom. The Morgan fingerprint density at radius 3 is 2.81 bits per heavy atom. The summed E-state index contributed by atoms with van der Waals surface area (Å²) < 4.78 is 24.3. The Labute approximate surface area is 125 Å². The Balaban J connectivity index is 2.22. The number of amides is 2. The van der Waals surface area contributed by atoms with E-state index < -0.39 is 16.5 Å². The Bertz CT molecular complexity index is 633. The van der Waals surface area contributed by atoms with Crippen molar-refractivity contribution in [3.63, 3.8) is 0 Å². The van der Waals surface area contributed by atoms with Gasteiger partial charge in [-0.05, 0) is 25.3 Å². The van der Waals surface area contributed by atoms with Gasteiger partial charge in [0, 0.05) is 24.4 Å². The van der Waals surface area contributed by atoms with E-state index in [2.05, 4.69) is 14.3 Å². The van der Waals surface area contributed by atoms with Crippen molar-refractivity contribution in [2.24, 2.45) is 4.36 Å². The van der Waals surface area contributed by atoms with Crippen LogP contribution in [-0.4, -0.2) is 31.0 Å². The van der Waals surface area contributed by atoms with Crippen LogP contribution in [0.2, 0.25) is 0 Å². The third kappa shape index (κ3) is 4.59. The van der Waals surface area contributed by atoms with Gasteiger partial charge in [0.2, 0.25) is 5.95 Å². The molecule has 1 aliphatic rings. The molecule has 0 unspecified atom stereocenters. The molecule has 2 rings (SSSR count). The van der Waals surface area contributed by atoms with E-state index in [1.54, 1.807) is 6.20 Å². The van der Waals surface area contributed by atoms with Gasteiger partial charge in [0.1, 0.15) is 0 Å². The molecule has 21 heavy (non-hydrogen) atoms. The molecule has 0 spiro atoms. The van der Waals surface area contributed by atoms with E-state index in [-0.39, 0.29) is 5.95 Å². The Morgan fingerprint density at radius 1 is 1.43 bits per heavy atom. The zero-order valence-corrected chi connectivity index (χ0v) is 12.7. The SMILES string of the molecule is CCCCCN(C(=O)N=S(=O)=O)c1nccc(C2CC2)n1. The number of carbonyl (C=O) groups excluding carboxylic acids is 1. The van der Waals surface area contributed by atoms with Crippen molar-refractivity contribution in [1.82, 2.24) is 9.97 Å². The number of urea groups is 1. The number of hydrogen-bond acceptors (Lipinski definition) is 5. The fourth-order valence-electron chi connectivity index (χ4n) is 2.01. The van der Waals surface area contributed by atoms with Crippen molar-refractivity contribution in [1.29, 1.82) is 0 Å². The van der Waals surface area contributed by atoms with Crippen LogP contribution in [0.3, 0.4) is 0 Å². The van der Waals surface area contributed by atoms with Crippen LogP contribution in [-0.2, 0) is 10.5 Å². The van der Waals surface area contributed by atoms with E-state index in [0.29, 0.717) is 12.5 Å². The smallest absolute Gasteiger partial charge is 0.260 e. The molecule has 0 atom stereocenters. The first-order valence-corrected chi connectivity index (χ1v) is 8.10. The maximum absolute atomic E-state index is 11.9. The van der Waals surface area contributed by atoms with Gasteiger partial charge in [0.15, 0.2) is 0 Å². The summed E-state index contributed by atoms with van der Waals surface area (Å²) in [7, 11) is -2.77. The quantitative estimate of drug-likeness (QED) is 0.753. The first-order valence-electron chi connectivity index (χ1n) is 7.07. The lowest BCUT2D eigenvalue weighted by atomic mass is 10.2.